The lowest BCUT2D eigenvalue weighted by Crippen LogP contribution is -2.19. The molecule has 0 saturated carbocycles. The monoisotopic (exact) mass is 390 g/mol. The van der Waals surface area contributed by atoms with Crippen molar-refractivity contribution in [2.45, 2.75) is 45.2 Å². The fourth-order valence-electron chi connectivity index (χ4n) is 4.09. The molecule has 3 heterocycles. The normalized spacial score (nSPS) is 14.1. The van der Waals surface area contributed by atoms with Crippen LogP contribution in [0.3, 0.4) is 0 Å². The largest absolute Gasteiger partial charge is 0.419 e. The van der Waals surface area contributed by atoms with Gasteiger partial charge in [-0.25, -0.2) is 9.78 Å². The summed E-state index contributed by atoms with van der Waals surface area (Å²) in [5, 5.41) is 2.92. The Morgan fingerprint density at radius 2 is 2.00 bits per heavy atom. The molecule has 5 rings (SSSR count). The van der Waals surface area contributed by atoms with Crippen LogP contribution < -0.4 is 11.1 Å². The van der Waals surface area contributed by atoms with E-state index in [-0.39, 0.29) is 18.9 Å². The molecule has 7 nitrogen and oxygen atoms in total. The molecule has 0 saturated heterocycles. The maximum absolute atomic E-state index is 12.4. The number of carbonyl (C=O) groups excluding carboxylic acids is 1. The lowest BCUT2D eigenvalue weighted by atomic mass is 10.2. The summed E-state index contributed by atoms with van der Waals surface area (Å²) in [6.45, 7) is 1.27. The molecule has 0 fully saturated rings. The molecule has 2 aromatic carbocycles. The zero-order chi connectivity index (χ0) is 19.8. The predicted octanol–water partition coefficient (Wildman–Crippen LogP) is 3.70. The highest BCUT2D eigenvalue weighted by molar-refractivity contribution is 5.93. The molecular formula is C22H22N4O3. The number of fused-ring (bicyclic) bond motifs is 4. The number of amides is 1. The number of aryl methyl sites for hydroxylation is 3. The molecule has 1 N–H and O–H groups in total. The molecule has 148 valence electrons. The molecule has 0 radical (unpaired) electrons. The van der Waals surface area contributed by atoms with E-state index in [1.165, 1.54) is 23.8 Å². The number of imidazole rings is 1. The average molecular weight is 390 g/mol. The summed E-state index contributed by atoms with van der Waals surface area (Å²) >= 11 is 0. The maximum Gasteiger partial charge on any atom is 0.419 e. The van der Waals surface area contributed by atoms with Gasteiger partial charge < -0.3 is 14.3 Å². The number of nitrogens with one attached hydrogen (secondary N) is 1. The highest BCUT2D eigenvalue weighted by Gasteiger charge is 2.15. The van der Waals surface area contributed by atoms with E-state index in [9.17, 15) is 9.59 Å². The summed E-state index contributed by atoms with van der Waals surface area (Å²) in [5.74, 6) is 0.537. The number of oxazole rings is 1. The first-order valence-corrected chi connectivity index (χ1v) is 10.1. The van der Waals surface area contributed by atoms with Gasteiger partial charge in [0.25, 0.3) is 0 Å². The standard InChI is InChI=1S/C22H22N4O3/c27-21(11-13-26-18-6-3-4-7-19(18)29-22(26)28)23-15-9-10-17-16(14-15)24-20-8-2-1-5-12-25(17)20/h3-4,6-7,9-10,14H,1-2,5,8,11-13H2,(H,23,27). The van der Waals surface area contributed by atoms with Crippen LogP contribution in [0, 0.1) is 0 Å². The Morgan fingerprint density at radius 3 is 2.93 bits per heavy atom. The number of nitrogens with zero attached hydrogens (tertiary/aromatic N) is 3. The van der Waals surface area contributed by atoms with Crippen molar-refractivity contribution in [1.29, 1.82) is 0 Å². The van der Waals surface area contributed by atoms with Crippen molar-refractivity contribution in [3.8, 4) is 0 Å². The lowest BCUT2D eigenvalue weighted by molar-refractivity contribution is -0.116. The van der Waals surface area contributed by atoms with Crippen molar-refractivity contribution in [2.24, 2.45) is 0 Å². The van der Waals surface area contributed by atoms with E-state index in [4.69, 9.17) is 9.40 Å². The molecule has 4 aromatic rings. The molecule has 1 aliphatic heterocycles. The van der Waals surface area contributed by atoms with Crippen LogP contribution in [0.4, 0.5) is 5.69 Å². The highest BCUT2D eigenvalue weighted by Crippen LogP contribution is 2.24. The first-order chi connectivity index (χ1) is 14.2. The number of aromatic nitrogens is 3. The topological polar surface area (TPSA) is 82.1 Å². The first kappa shape index (κ1) is 17.7. The number of anilines is 1. The van der Waals surface area contributed by atoms with Crippen LogP contribution in [-0.2, 0) is 24.3 Å². The van der Waals surface area contributed by atoms with Crippen LogP contribution >= 0.6 is 0 Å². The molecule has 0 unspecified atom stereocenters. The Labute approximate surface area is 167 Å². The number of hydrogen-bond donors (Lipinski definition) is 1. The second kappa shape index (κ2) is 7.24. The number of benzene rings is 2. The summed E-state index contributed by atoms with van der Waals surface area (Å²) in [7, 11) is 0. The highest BCUT2D eigenvalue weighted by atomic mass is 16.4. The third-order valence-corrected chi connectivity index (χ3v) is 5.53. The van der Waals surface area contributed by atoms with Gasteiger partial charge in [-0.15, -0.1) is 0 Å². The quantitative estimate of drug-likeness (QED) is 0.576. The Kier molecular flexibility index (Phi) is 4.42. The van der Waals surface area contributed by atoms with Crippen molar-refractivity contribution >= 4 is 33.7 Å². The molecule has 1 aliphatic rings. The minimum absolute atomic E-state index is 0.151. The summed E-state index contributed by atoms with van der Waals surface area (Å²) < 4.78 is 9.00. The van der Waals surface area contributed by atoms with Crippen LogP contribution in [0.5, 0.6) is 0 Å². The fraction of sp³-hybridized carbons (Fsp3) is 0.318. The molecule has 29 heavy (non-hydrogen) atoms. The van der Waals surface area contributed by atoms with Crippen LogP contribution in [-0.4, -0.2) is 20.0 Å². The lowest BCUT2D eigenvalue weighted by Gasteiger charge is -2.07. The Bertz CT molecular complexity index is 1260. The third kappa shape index (κ3) is 3.33. The van der Waals surface area contributed by atoms with E-state index in [0.717, 1.165) is 35.5 Å². The van der Waals surface area contributed by atoms with Crippen LogP contribution in [0.15, 0.2) is 51.7 Å². The summed E-state index contributed by atoms with van der Waals surface area (Å²) in [4.78, 5) is 29.2. The van der Waals surface area contributed by atoms with Crippen molar-refractivity contribution in [1.82, 2.24) is 14.1 Å². The van der Waals surface area contributed by atoms with Gasteiger partial charge in [0.15, 0.2) is 5.58 Å². The van der Waals surface area contributed by atoms with Crippen LogP contribution in [0.25, 0.3) is 22.1 Å². The number of para-hydroxylation sites is 2. The van der Waals surface area contributed by atoms with Gasteiger partial charge >= 0.3 is 5.76 Å². The molecule has 0 aliphatic carbocycles. The molecule has 0 spiro atoms. The van der Waals surface area contributed by atoms with Gasteiger partial charge in [0.1, 0.15) is 5.82 Å². The average Bonchev–Trinajstić information content (AvgIpc) is 3.12. The van der Waals surface area contributed by atoms with Gasteiger partial charge in [-0.2, -0.15) is 0 Å². The molecular weight excluding hydrogens is 368 g/mol. The van der Waals surface area contributed by atoms with Crippen molar-refractivity contribution in [3.63, 3.8) is 0 Å². The minimum atomic E-state index is -0.445. The van der Waals surface area contributed by atoms with Gasteiger partial charge in [0.05, 0.1) is 16.6 Å². The van der Waals surface area contributed by atoms with Gasteiger partial charge in [0.2, 0.25) is 5.91 Å². The summed E-state index contributed by atoms with van der Waals surface area (Å²) in [6.07, 6.45) is 4.78. The Hall–Kier alpha value is -3.35. The molecule has 7 heteroatoms. The number of carbonyl (C=O) groups is 1. The van der Waals surface area contributed by atoms with E-state index in [2.05, 4.69) is 9.88 Å². The SMILES string of the molecule is O=C(CCn1c(=O)oc2ccccc21)Nc1ccc2c(c1)nc1n2CCCCC1. The molecule has 2 aromatic heterocycles. The van der Waals surface area contributed by atoms with E-state index in [0.29, 0.717) is 11.1 Å². The number of rotatable bonds is 4. The van der Waals surface area contributed by atoms with Gasteiger partial charge in [-0.1, -0.05) is 18.6 Å². The zero-order valence-electron chi connectivity index (χ0n) is 16.1. The zero-order valence-corrected chi connectivity index (χ0v) is 16.1. The van der Waals surface area contributed by atoms with Crippen molar-refractivity contribution in [2.75, 3.05) is 5.32 Å². The smallest absolute Gasteiger partial charge is 0.408 e. The minimum Gasteiger partial charge on any atom is -0.408 e. The molecule has 1 amide bonds. The summed E-state index contributed by atoms with van der Waals surface area (Å²) in [5.41, 5.74) is 3.99. The van der Waals surface area contributed by atoms with Crippen molar-refractivity contribution < 1.29 is 9.21 Å². The third-order valence-electron chi connectivity index (χ3n) is 5.53. The predicted molar refractivity (Wildman–Crippen MR) is 111 cm³/mol. The second-order valence-electron chi connectivity index (χ2n) is 7.48. The Morgan fingerprint density at radius 1 is 1.10 bits per heavy atom. The van der Waals surface area contributed by atoms with E-state index >= 15 is 0 Å². The maximum atomic E-state index is 12.4. The van der Waals surface area contributed by atoms with Gasteiger partial charge in [-0.05, 0) is 43.2 Å². The Balaban J connectivity index is 1.31. The van der Waals surface area contributed by atoms with Crippen LogP contribution in [0.2, 0.25) is 0 Å². The van der Waals surface area contributed by atoms with Gasteiger partial charge in [-0.3, -0.25) is 9.36 Å². The van der Waals surface area contributed by atoms with Crippen LogP contribution in [0.1, 0.15) is 31.5 Å². The molecule has 0 bridgehead atoms. The number of hydrogen-bond acceptors (Lipinski definition) is 4. The second-order valence-corrected chi connectivity index (χ2v) is 7.48. The van der Waals surface area contributed by atoms with E-state index in [1.54, 1.807) is 6.07 Å². The van der Waals surface area contributed by atoms with Gasteiger partial charge in [0, 0.05) is 31.6 Å². The van der Waals surface area contributed by atoms with E-state index in [1.807, 2.05) is 36.4 Å². The van der Waals surface area contributed by atoms with Crippen molar-refractivity contribution in [3.05, 3.63) is 58.8 Å². The first-order valence-electron chi connectivity index (χ1n) is 10.1. The molecule has 0 atom stereocenters. The fourth-order valence-corrected chi connectivity index (χ4v) is 4.09. The summed E-state index contributed by atoms with van der Waals surface area (Å²) in [6, 6.07) is 13.1. The van der Waals surface area contributed by atoms with E-state index < -0.39 is 5.76 Å².